The summed E-state index contributed by atoms with van der Waals surface area (Å²) in [6.07, 6.45) is 2.24. The molecular formula is C27H30Cl2N4O5. The zero-order valence-electron chi connectivity index (χ0n) is 21.4. The number of benzene rings is 2. The van der Waals surface area contributed by atoms with Crippen molar-refractivity contribution < 1.29 is 24.3 Å². The van der Waals surface area contributed by atoms with E-state index in [4.69, 9.17) is 23.2 Å². The van der Waals surface area contributed by atoms with Crippen LogP contribution in [-0.2, 0) is 16.0 Å². The van der Waals surface area contributed by atoms with Gasteiger partial charge in [-0.15, -0.1) is 0 Å². The number of hydrogen-bond acceptors (Lipinski definition) is 5. The molecule has 2 aromatic carbocycles. The lowest BCUT2D eigenvalue weighted by molar-refractivity contribution is -0.139. The number of imide groups is 1. The molecule has 0 bridgehead atoms. The van der Waals surface area contributed by atoms with E-state index >= 15 is 0 Å². The van der Waals surface area contributed by atoms with Gasteiger partial charge >= 0.3 is 12.0 Å². The Kier molecular flexibility index (Phi) is 8.30. The summed E-state index contributed by atoms with van der Waals surface area (Å²) in [7, 11) is 5.70. The molecule has 9 nitrogen and oxygen atoms in total. The van der Waals surface area contributed by atoms with Crippen molar-refractivity contribution in [1.29, 1.82) is 0 Å². The van der Waals surface area contributed by atoms with Crippen LogP contribution in [0, 0.1) is 5.92 Å². The van der Waals surface area contributed by atoms with Gasteiger partial charge in [-0.2, -0.15) is 0 Å². The van der Waals surface area contributed by atoms with Crippen LogP contribution in [0.1, 0.15) is 35.2 Å². The Morgan fingerprint density at radius 1 is 1.11 bits per heavy atom. The van der Waals surface area contributed by atoms with Crippen LogP contribution in [0.15, 0.2) is 42.5 Å². The molecule has 1 heterocycles. The number of fused-ring (bicyclic) bond motifs is 1. The lowest BCUT2D eigenvalue weighted by Gasteiger charge is -2.47. The number of nitrogens with one attached hydrogen (secondary N) is 1. The zero-order valence-corrected chi connectivity index (χ0v) is 22.9. The van der Waals surface area contributed by atoms with E-state index in [2.05, 4.69) is 10.2 Å². The van der Waals surface area contributed by atoms with E-state index in [0.717, 1.165) is 12.8 Å². The molecule has 0 radical (unpaired) electrons. The van der Waals surface area contributed by atoms with Crippen molar-refractivity contribution in [3.05, 3.63) is 63.6 Å². The molecule has 11 heteroatoms. The van der Waals surface area contributed by atoms with Gasteiger partial charge < -0.3 is 20.2 Å². The van der Waals surface area contributed by atoms with Crippen molar-refractivity contribution in [2.75, 3.05) is 26.0 Å². The van der Waals surface area contributed by atoms with Crippen LogP contribution in [-0.4, -0.2) is 78.0 Å². The number of carbonyl (C=O) groups is 4. The van der Waals surface area contributed by atoms with Crippen LogP contribution in [0.3, 0.4) is 0 Å². The molecule has 2 aromatic rings. The third kappa shape index (κ3) is 5.50. The molecule has 1 aliphatic carbocycles. The van der Waals surface area contributed by atoms with Crippen molar-refractivity contribution in [2.24, 2.45) is 5.92 Å². The van der Waals surface area contributed by atoms with Gasteiger partial charge in [-0.3, -0.25) is 9.59 Å². The minimum atomic E-state index is -1.30. The third-order valence-electron chi connectivity index (χ3n) is 7.45. The third-order valence-corrected chi connectivity index (χ3v) is 8.08. The number of rotatable bonds is 7. The van der Waals surface area contributed by atoms with E-state index in [-0.39, 0.29) is 45.9 Å². The number of amides is 4. The van der Waals surface area contributed by atoms with Gasteiger partial charge in [0, 0.05) is 25.6 Å². The monoisotopic (exact) mass is 560 g/mol. The highest BCUT2D eigenvalue weighted by Crippen LogP contribution is 2.37. The molecule has 4 rings (SSSR count). The molecule has 38 heavy (non-hydrogen) atoms. The summed E-state index contributed by atoms with van der Waals surface area (Å²) in [6, 6.07) is 9.56. The molecular weight excluding hydrogens is 531 g/mol. The number of hydrogen-bond donors (Lipinski definition) is 2. The number of carboxylic acids is 1. The van der Waals surface area contributed by atoms with E-state index in [9.17, 15) is 24.3 Å². The summed E-state index contributed by atoms with van der Waals surface area (Å²) >= 11 is 12.2. The van der Waals surface area contributed by atoms with E-state index in [1.54, 1.807) is 42.3 Å². The zero-order chi connectivity index (χ0) is 27.7. The second-order valence-corrected chi connectivity index (χ2v) is 10.8. The number of nitrogens with zero attached hydrogens (tertiary/aromatic N) is 3. The maximum Gasteiger partial charge on any atom is 0.331 e. The minimum absolute atomic E-state index is 0.0126. The lowest BCUT2D eigenvalue weighted by Crippen LogP contribution is -2.63. The van der Waals surface area contributed by atoms with Crippen molar-refractivity contribution in [2.45, 2.75) is 43.8 Å². The SMILES string of the molecule is CN(C)C1CCC2C(C1)C(=O)N(c1cccc(CC(NC(=O)c3c(Cl)cccc3Cl)C(=O)O)c1)C(=O)N2C. The molecule has 2 fully saturated rings. The normalized spacial score (nSPS) is 22.3. The number of halogens is 2. The van der Waals surface area contributed by atoms with Gasteiger partial charge in [-0.1, -0.05) is 41.4 Å². The first-order chi connectivity index (χ1) is 18.0. The predicted octanol–water partition coefficient (Wildman–Crippen LogP) is 3.92. The average Bonchev–Trinajstić information content (AvgIpc) is 2.87. The van der Waals surface area contributed by atoms with Gasteiger partial charge in [-0.05, 0) is 63.2 Å². The summed E-state index contributed by atoms with van der Waals surface area (Å²) in [5, 5.41) is 12.5. The Morgan fingerprint density at radius 2 is 1.76 bits per heavy atom. The van der Waals surface area contributed by atoms with Crippen LogP contribution in [0.25, 0.3) is 0 Å². The highest BCUT2D eigenvalue weighted by molar-refractivity contribution is 6.39. The summed E-state index contributed by atoms with van der Waals surface area (Å²) < 4.78 is 0. The van der Waals surface area contributed by atoms with Gasteiger partial charge in [0.05, 0.1) is 27.2 Å². The number of anilines is 1. The van der Waals surface area contributed by atoms with Gasteiger partial charge in [0.15, 0.2) is 0 Å². The fourth-order valence-electron chi connectivity index (χ4n) is 5.33. The lowest BCUT2D eigenvalue weighted by atomic mass is 9.78. The Balaban J connectivity index is 1.56. The maximum atomic E-state index is 13.6. The maximum absolute atomic E-state index is 13.6. The first kappa shape index (κ1) is 27.9. The number of urea groups is 1. The molecule has 1 saturated carbocycles. The number of carbonyl (C=O) groups excluding carboxylic acids is 3. The van der Waals surface area contributed by atoms with E-state index in [1.807, 2.05) is 14.1 Å². The van der Waals surface area contributed by atoms with Crippen molar-refractivity contribution in [3.8, 4) is 0 Å². The summed E-state index contributed by atoms with van der Waals surface area (Å²) in [6.45, 7) is 0. The highest BCUT2D eigenvalue weighted by atomic mass is 35.5. The van der Waals surface area contributed by atoms with Crippen LogP contribution < -0.4 is 10.2 Å². The molecule has 1 saturated heterocycles. The fourth-order valence-corrected chi connectivity index (χ4v) is 5.90. The van der Waals surface area contributed by atoms with Crippen LogP contribution in [0.5, 0.6) is 0 Å². The van der Waals surface area contributed by atoms with Gasteiger partial charge in [0.25, 0.3) is 5.91 Å². The second-order valence-electron chi connectivity index (χ2n) is 10.0. The summed E-state index contributed by atoms with van der Waals surface area (Å²) in [5.41, 5.74) is 0.876. The highest BCUT2D eigenvalue weighted by Gasteiger charge is 2.48. The van der Waals surface area contributed by atoms with Crippen LogP contribution in [0.4, 0.5) is 10.5 Å². The van der Waals surface area contributed by atoms with Crippen molar-refractivity contribution in [1.82, 2.24) is 15.1 Å². The van der Waals surface area contributed by atoms with Crippen molar-refractivity contribution >= 4 is 52.7 Å². The Hall–Kier alpha value is -3.14. The predicted molar refractivity (Wildman–Crippen MR) is 145 cm³/mol. The molecule has 4 amide bonds. The molecule has 2 N–H and O–H groups in total. The Labute approximate surface area is 231 Å². The molecule has 202 valence electrons. The van der Waals surface area contributed by atoms with E-state index in [0.29, 0.717) is 17.7 Å². The van der Waals surface area contributed by atoms with E-state index < -0.39 is 23.9 Å². The van der Waals surface area contributed by atoms with Crippen LogP contribution in [0.2, 0.25) is 10.0 Å². The molecule has 0 spiro atoms. The average molecular weight is 561 g/mol. The van der Waals surface area contributed by atoms with Gasteiger partial charge in [-0.25, -0.2) is 14.5 Å². The first-order valence-electron chi connectivity index (χ1n) is 12.3. The first-order valence-corrected chi connectivity index (χ1v) is 13.1. The van der Waals surface area contributed by atoms with Gasteiger partial charge in [0.2, 0.25) is 5.91 Å². The molecule has 0 aromatic heterocycles. The fraction of sp³-hybridized carbons (Fsp3) is 0.407. The number of carboxylic acid groups (broad SMARTS) is 1. The molecule has 4 atom stereocenters. The summed E-state index contributed by atoms with van der Waals surface area (Å²) in [4.78, 5) is 56.6. The second kappa shape index (κ2) is 11.3. The Morgan fingerprint density at radius 3 is 2.39 bits per heavy atom. The smallest absolute Gasteiger partial charge is 0.331 e. The molecule has 2 aliphatic rings. The minimum Gasteiger partial charge on any atom is -0.480 e. The summed E-state index contributed by atoms with van der Waals surface area (Å²) in [5.74, 6) is -2.55. The quantitative estimate of drug-likeness (QED) is 0.531. The van der Waals surface area contributed by atoms with Crippen molar-refractivity contribution in [3.63, 3.8) is 0 Å². The van der Waals surface area contributed by atoms with E-state index in [1.165, 1.54) is 17.0 Å². The molecule has 1 aliphatic heterocycles. The standard InChI is InChI=1S/C27H30Cl2N4O5/c1-31(2)16-10-11-22-18(14-16)25(35)33(27(38)32(22)3)17-7-4-6-15(12-17)13-21(26(36)37)30-24(34)23-19(28)8-5-9-20(23)29/h4-9,12,16,18,21-22H,10-11,13-14H2,1-3H3,(H,30,34)(H,36,37). The topological polar surface area (TPSA) is 110 Å². The largest absolute Gasteiger partial charge is 0.480 e. The Bertz CT molecular complexity index is 1250. The van der Waals surface area contributed by atoms with Gasteiger partial charge in [0.1, 0.15) is 6.04 Å². The van der Waals surface area contributed by atoms with Crippen LogP contribution >= 0.6 is 23.2 Å². The molecule has 4 unspecified atom stereocenters. The number of aliphatic carboxylic acids is 1.